The smallest absolute Gasteiger partial charge is 0.174 e. The fraction of sp³-hybridized carbons (Fsp3) is 0. The molecule has 3 rings (SSSR count). The van der Waals surface area contributed by atoms with E-state index in [0.29, 0.717) is 4.34 Å². The van der Waals surface area contributed by atoms with Gasteiger partial charge in [-0.25, -0.2) is 13.8 Å². The minimum Gasteiger partial charge on any atom is -0.398 e. The molecule has 0 saturated carbocycles. The largest absolute Gasteiger partial charge is 0.398 e. The van der Waals surface area contributed by atoms with Crippen LogP contribution in [-0.4, -0.2) is 4.98 Å². The van der Waals surface area contributed by atoms with Gasteiger partial charge in [0.25, 0.3) is 0 Å². The van der Waals surface area contributed by atoms with E-state index in [-0.39, 0.29) is 10.6 Å². The molecule has 0 unspecified atom stereocenters. The van der Waals surface area contributed by atoms with Crippen molar-refractivity contribution < 1.29 is 8.78 Å². The van der Waals surface area contributed by atoms with E-state index in [2.05, 4.69) is 4.98 Å². The number of rotatable bonds is 2. The van der Waals surface area contributed by atoms with E-state index in [1.54, 1.807) is 0 Å². The second-order valence-corrected chi connectivity index (χ2v) is 6.12. The summed E-state index contributed by atoms with van der Waals surface area (Å²) in [5.41, 5.74) is 6.73. The van der Waals surface area contributed by atoms with Gasteiger partial charge in [-0.15, -0.1) is 11.3 Å². The molecule has 0 aliphatic heterocycles. The lowest BCUT2D eigenvalue weighted by Gasteiger charge is -2.04. The van der Waals surface area contributed by atoms with E-state index in [4.69, 9.17) is 5.73 Å². The Hall–Kier alpha value is -1.66. The molecule has 1 heterocycles. The van der Waals surface area contributed by atoms with Crippen LogP contribution in [0.25, 0.3) is 10.2 Å². The highest BCUT2D eigenvalue weighted by Gasteiger charge is 2.15. The second-order valence-electron chi connectivity index (χ2n) is 3.83. The highest BCUT2D eigenvalue weighted by Crippen LogP contribution is 2.38. The molecule has 0 aliphatic carbocycles. The van der Waals surface area contributed by atoms with Gasteiger partial charge in [0.1, 0.15) is 0 Å². The first kappa shape index (κ1) is 12.4. The molecule has 6 heteroatoms. The third-order valence-corrected chi connectivity index (χ3v) is 4.76. The number of fused-ring (bicyclic) bond motifs is 1. The van der Waals surface area contributed by atoms with Gasteiger partial charge in [0, 0.05) is 5.69 Å². The van der Waals surface area contributed by atoms with E-state index in [1.165, 1.54) is 17.4 Å². The topological polar surface area (TPSA) is 38.9 Å². The summed E-state index contributed by atoms with van der Waals surface area (Å²) in [5.74, 6) is -1.83. The Morgan fingerprint density at radius 2 is 1.89 bits per heavy atom. The first-order valence-corrected chi connectivity index (χ1v) is 7.05. The Labute approximate surface area is 116 Å². The number of para-hydroxylation sites is 1. The highest BCUT2D eigenvalue weighted by molar-refractivity contribution is 8.01. The Morgan fingerprint density at radius 1 is 1.11 bits per heavy atom. The van der Waals surface area contributed by atoms with E-state index in [1.807, 2.05) is 24.3 Å². The Balaban J connectivity index is 2.03. The molecule has 2 aromatic carbocycles. The SMILES string of the molecule is Nc1ccc(F)c(F)c1Sc1nc2ccccc2s1. The summed E-state index contributed by atoms with van der Waals surface area (Å²) >= 11 is 2.47. The first-order valence-electron chi connectivity index (χ1n) is 5.42. The third-order valence-electron chi connectivity index (χ3n) is 2.54. The normalized spacial score (nSPS) is 11.1. The summed E-state index contributed by atoms with van der Waals surface area (Å²) in [7, 11) is 0. The standard InChI is InChI=1S/C13H8F2N2S2/c14-7-5-6-8(16)12(11(7)15)19-13-17-9-3-1-2-4-10(9)18-13/h1-6H,16H2. The van der Waals surface area contributed by atoms with Crippen LogP contribution < -0.4 is 5.73 Å². The first-order chi connectivity index (χ1) is 9.15. The van der Waals surface area contributed by atoms with Crippen molar-refractivity contribution in [1.29, 1.82) is 0 Å². The number of anilines is 1. The van der Waals surface area contributed by atoms with Crippen LogP contribution in [-0.2, 0) is 0 Å². The van der Waals surface area contributed by atoms with E-state index in [9.17, 15) is 8.78 Å². The lowest BCUT2D eigenvalue weighted by Crippen LogP contribution is -1.95. The van der Waals surface area contributed by atoms with Crippen molar-refractivity contribution >= 4 is 39.0 Å². The lowest BCUT2D eigenvalue weighted by atomic mass is 10.3. The zero-order valence-electron chi connectivity index (χ0n) is 9.56. The molecule has 0 aliphatic rings. The molecule has 1 aromatic heterocycles. The van der Waals surface area contributed by atoms with E-state index >= 15 is 0 Å². The monoisotopic (exact) mass is 294 g/mol. The van der Waals surface area contributed by atoms with Crippen LogP contribution >= 0.6 is 23.1 Å². The van der Waals surface area contributed by atoms with Gasteiger partial charge in [0.15, 0.2) is 16.0 Å². The van der Waals surface area contributed by atoms with Crippen LogP contribution in [0.5, 0.6) is 0 Å². The minimum absolute atomic E-state index is 0.0825. The zero-order valence-corrected chi connectivity index (χ0v) is 11.2. The molecule has 0 spiro atoms. The quantitative estimate of drug-likeness (QED) is 0.716. The molecule has 96 valence electrons. The summed E-state index contributed by atoms with van der Waals surface area (Å²) in [5, 5.41) is 0. The second kappa shape index (κ2) is 4.79. The van der Waals surface area contributed by atoms with Gasteiger partial charge in [-0.05, 0) is 24.3 Å². The van der Waals surface area contributed by atoms with Gasteiger partial charge in [-0.3, -0.25) is 0 Å². The van der Waals surface area contributed by atoms with Gasteiger partial charge in [-0.1, -0.05) is 23.9 Å². The van der Waals surface area contributed by atoms with Gasteiger partial charge in [-0.2, -0.15) is 0 Å². The van der Waals surface area contributed by atoms with Crippen molar-refractivity contribution in [2.45, 2.75) is 9.24 Å². The number of benzene rings is 2. The molecule has 0 radical (unpaired) electrons. The number of nitrogen functional groups attached to an aromatic ring is 1. The van der Waals surface area contributed by atoms with Crippen LogP contribution in [0, 0.1) is 11.6 Å². The van der Waals surface area contributed by atoms with Crippen LogP contribution in [0.1, 0.15) is 0 Å². The molecule has 0 saturated heterocycles. The van der Waals surface area contributed by atoms with E-state index in [0.717, 1.165) is 28.0 Å². The summed E-state index contributed by atoms with van der Waals surface area (Å²) < 4.78 is 28.5. The fourth-order valence-corrected chi connectivity index (χ4v) is 3.71. The number of nitrogens with zero attached hydrogens (tertiary/aromatic N) is 1. The Bertz CT molecular complexity index is 722. The summed E-state index contributed by atoms with van der Waals surface area (Å²) in [6.07, 6.45) is 0. The van der Waals surface area contributed by atoms with Crippen molar-refractivity contribution in [3.63, 3.8) is 0 Å². The average molecular weight is 294 g/mol. The Kier molecular flexibility index (Phi) is 3.12. The van der Waals surface area contributed by atoms with Crippen molar-refractivity contribution in [2.24, 2.45) is 0 Å². The fourth-order valence-electron chi connectivity index (χ4n) is 1.63. The van der Waals surface area contributed by atoms with Gasteiger partial charge < -0.3 is 5.73 Å². The number of hydrogen-bond donors (Lipinski definition) is 1. The van der Waals surface area contributed by atoms with Crippen molar-refractivity contribution in [3.8, 4) is 0 Å². The van der Waals surface area contributed by atoms with Crippen LogP contribution in [0.15, 0.2) is 45.6 Å². The van der Waals surface area contributed by atoms with Crippen LogP contribution in [0.3, 0.4) is 0 Å². The number of thiazole rings is 1. The minimum atomic E-state index is -0.927. The van der Waals surface area contributed by atoms with Crippen LogP contribution in [0.4, 0.5) is 14.5 Å². The maximum atomic E-state index is 13.7. The van der Waals surface area contributed by atoms with Gasteiger partial charge >= 0.3 is 0 Å². The predicted molar refractivity (Wildman–Crippen MR) is 74.5 cm³/mol. The molecule has 2 nitrogen and oxygen atoms in total. The van der Waals surface area contributed by atoms with Crippen molar-refractivity contribution in [2.75, 3.05) is 5.73 Å². The van der Waals surface area contributed by atoms with Gasteiger partial charge in [0.05, 0.1) is 15.1 Å². The van der Waals surface area contributed by atoms with Crippen molar-refractivity contribution in [1.82, 2.24) is 4.98 Å². The van der Waals surface area contributed by atoms with E-state index < -0.39 is 11.6 Å². The molecular weight excluding hydrogens is 286 g/mol. The van der Waals surface area contributed by atoms with Gasteiger partial charge in [0.2, 0.25) is 0 Å². The summed E-state index contributed by atoms with van der Waals surface area (Å²) in [4.78, 5) is 4.44. The number of halogens is 2. The number of nitrogens with two attached hydrogens (primary N) is 1. The summed E-state index contributed by atoms with van der Waals surface area (Å²) in [6, 6.07) is 9.98. The van der Waals surface area contributed by atoms with Crippen molar-refractivity contribution in [3.05, 3.63) is 48.0 Å². The molecule has 2 N–H and O–H groups in total. The molecule has 0 fully saturated rings. The molecule has 0 atom stereocenters. The highest BCUT2D eigenvalue weighted by atomic mass is 32.2. The maximum absolute atomic E-state index is 13.7. The summed E-state index contributed by atoms with van der Waals surface area (Å²) in [6.45, 7) is 0. The predicted octanol–water partition coefficient (Wildman–Crippen LogP) is 4.31. The Morgan fingerprint density at radius 3 is 2.68 bits per heavy atom. The zero-order chi connectivity index (χ0) is 13.4. The number of hydrogen-bond acceptors (Lipinski definition) is 4. The molecule has 3 aromatic rings. The molecule has 0 bridgehead atoms. The molecule has 0 amide bonds. The maximum Gasteiger partial charge on any atom is 0.174 e. The third kappa shape index (κ3) is 2.29. The number of aromatic nitrogens is 1. The molecule has 19 heavy (non-hydrogen) atoms. The lowest BCUT2D eigenvalue weighted by molar-refractivity contribution is 0.492. The molecular formula is C13H8F2N2S2. The van der Waals surface area contributed by atoms with Crippen LogP contribution in [0.2, 0.25) is 0 Å². The average Bonchev–Trinajstić information content (AvgIpc) is 2.81.